The lowest BCUT2D eigenvalue weighted by Crippen LogP contribution is -2.42. The van der Waals surface area contributed by atoms with Crippen molar-refractivity contribution in [2.45, 2.75) is 39.2 Å². The highest BCUT2D eigenvalue weighted by Crippen LogP contribution is 2.24. The number of rotatable bonds is 3. The number of nitrogens with zero attached hydrogens (tertiary/aromatic N) is 4. The Morgan fingerprint density at radius 2 is 2.16 bits per heavy atom. The van der Waals surface area contributed by atoms with Crippen LogP contribution in [0.15, 0.2) is 34.9 Å². The van der Waals surface area contributed by atoms with Gasteiger partial charge in [-0.05, 0) is 44.9 Å². The van der Waals surface area contributed by atoms with Crippen molar-refractivity contribution in [2.75, 3.05) is 13.1 Å². The van der Waals surface area contributed by atoms with E-state index in [-0.39, 0.29) is 18.4 Å². The average Bonchev–Trinajstić information content (AvgIpc) is 3.18. The van der Waals surface area contributed by atoms with Crippen molar-refractivity contribution in [1.29, 1.82) is 0 Å². The molecule has 2 aromatic heterocycles. The number of benzene rings is 1. The number of carbonyl (C=O) groups is 1. The van der Waals surface area contributed by atoms with Gasteiger partial charge in [0, 0.05) is 24.2 Å². The molecule has 25 heavy (non-hydrogen) atoms. The number of fused-ring (bicyclic) bond motifs is 1. The van der Waals surface area contributed by atoms with Crippen molar-refractivity contribution in [3.8, 4) is 0 Å². The van der Waals surface area contributed by atoms with Crippen LogP contribution >= 0.6 is 0 Å². The second kappa shape index (κ2) is 6.35. The molecule has 130 valence electrons. The van der Waals surface area contributed by atoms with Crippen molar-refractivity contribution >= 4 is 16.9 Å². The van der Waals surface area contributed by atoms with Gasteiger partial charge in [-0.15, -0.1) is 0 Å². The third kappa shape index (κ3) is 3.04. The second-order valence-corrected chi connectivity index (χ2v) is 6.81. The first-order chi connectivity index (χ1) is 12.1. The Balaban J connectivity index is 1.49. The molecule has 1 unspecified atom stereocenters. The molecule has 4 rings (SSSR count). The molecule has 1 fully saturated rings. The Kier molecular flexibility index (Phi) is 4.03. The van der Waals surface area contributed by atoms with E-state index in [1.807, 2.05) is 36.1 Å². The lowest BCUT2D eigenvalue weighted by Gasteiger charge is -2.33. The molecule has 0 spiro atoms. The van der Waals surface area contributed by atoms with Gasteiger partial charge in [0.1, 0.15) is 5.69 Å². The van der Waals surface area contributed by atoms with E-state index in [9.17, 15) is 4.79 Å². The Morgan fingerprint density at radius 3 is 2.96 bits per heavy atom. The summed E-state index contributed by atoms with van der Waals surface area (Å²) in [6.45, 7) is 5.58. The number of hydrogen-bond donors (Lipinski definition) is 0. The summed E-state index contributed by atoms with van der Waals surface area (Å²) in [4.78, 5) is 14.7. The number of carbonyl (C=O) groups excluding carboxylic acids is 1. The first kappa shape index (κ1) is 15.9. The van der Waals surface area contributed by atoms with E-state index in [0.29, 0.717) is 12.2 Å². The molecular weight excluding hydrogens is 316 g/mol. The van der Waals surface area contributed by atoms with Crippen molar-refractivity contribution < 1.29 is 9.32 Å². The molecule has 1 amide bonds. The maximum absolute atomic E-state index is 12.8. The third-order valence-corrected chi connectivity index (χ3v) is 4.91. The third-order valence-electron chi connectivity index (χ3n) is 4.91. The Morgan fingerprint density at radius 1 is 1.32 bits per heavy atom. The number of likely N-dealkylation sites (tertiary alicyclic amines) is 1. The lowest BCUT2D eigenvalue weighted by molar-refractivity contribution is -0.132. The van der Waals surface area contributed by atoms with Gasteiger partial charge in [0.15, 0.2) is 5.58 Å². The number of piperidine rings is 1. The highest BCUT2D eigenvalue weighted by Gasteiger charge is 2.27. The molecule has 1 aliphatic rings. The van der Waals surface area contributed by atoms with Gasteiger partial charge in [-0.3, -0.25) is 9.48 Å². The molecule has 1 saturated heterocycles. The molecule has 1 aromatic carbocycles. The van der Waals surface area contributed by atoms with Crippen molar-refractivity contribution in [3.05, 3.63) is 47.4 Å². The van der Waals surface area contributed by atoms with Crippen LogP contribution < -0.4 is 0 Å². The highest BCUT2D eigenvalue weighted by atomic mass is 16.5. The zero-order valence-electron chi connectivity index (χ0n) is 14.6. The quantitative estimate of drug-likeness (QED) is 0.736. The van der Waals surface area contributed by atoms with Gasteiger partial charge in [-0.1, -0.05) is 17.3 Å². The summed E-state index contributed by atoms with van der Waals surface area (Å²) in [5.41, 5.74) is 3.62. The van der Waals surface area contributed by atoms with Gasteiger partial charge in [0.2, 0.25) is 5.91 Å². The van der Waals surface area contributed by atoms with Crippen molar-refractivity contribution in [1.82, 2.24) is 19.8 Å². The van der Waals surface area contributed by atoms with Crippen LogP contribution in [-0.4, -0.2) is 38.8 Å². The summed E-state index contributed by atoms with van der Waals surface area (Å²) in [5.74, 6) is 0.102. The normalized spacial score (nSPS) is 18.0. The Bertz CT molecular complexity index is 911. The minimum atomic E-state index is 0.102. The molecule has 0 radical (unpaired) electrons. The minimum absolute atomic E-state index is 0.102. The topological polar surface area (TPSA) is 64.2 Å². The molecule has 1 aliphatic heterocycles. The number of hydrogen-bond acceptors (Lipinski definition) is 4. The van der Waals surface area contributed by atoms with E-state index in [0.717, 1.165) is 41.7 Å². The number of aryl methyl sites for hydroxylation is 2. The summed E-state index contributed by atoms with van der Waals surface area (Å²) < 4.78 is 7.38. The van der Waals surface area contributed by atoms with Crippen LogP contribution in [0.4, 0.5) is 0 Å². The summed E-state index contributed by atoms with van der Waals surface area (Å²) in [5, 5.41) is 9.60. The van der Waals surface area contributed by atoms with Crippen LogP contribution in [-0.2, 0) is 11.2 Å². The zero-order valence-corrected chi connectivity index (χ0v) is 14.6. The predicted molar refractivity (Wildman–Crippen MR) is 94.3 cm³/mol. The van der Waals surface area contributed by atoms with Crippen LogP contribution in [0.3, 0.4) is 0 Å². The van der Waals surface area contributed by atoms with Crippen LogP contribution in [0, 0.1) is 13.8 Å². The smallest absolute Gasteiger partial charge is 0.228 e. The Labute approximate surface area is 146 Å². The van der Waals surface area contributed by atoms with Crippen LogP contribution in [0.5, 0.6) is 0 Å². The number of aromatic nitrogens is 3. The van der Waals surface area contributed by atoms with Crippen molar-refractivity contribution in [3.63, 3.8) is 0 Å². The molecule has 3 heterocycles. The highest BCUT2D eigenvalue weighted by molar-refractivity contribution is 5.86. The minimum Gasteiger partial charge on any atom is -0.356 e. The first-order valence-corrected chi connectivity index (χ1v) is 8.75. The maximum atomic E-state index is 12.8. The maximum Gasteiger partial charge on any atom is 0.228 e. The summed E-state index contributed by atoms with van der Waals surface area (Å²) >= 11 is 0. The SMILES string of the molecule is Cc1cc(C)n(C2CCCN(C(=O)Cc3noc4ccccc34)C2)n1. The second-order valence-electron chi connectivity index (χ2n) is 6.81. The van der Waals surface area contributed by atoms with Crippen LogP contribution in [0.2, 0.25) is 0 Å². The van der Waals surface area contributed by atoms with Crippen LogP contribution in [0.1, 0.15) is 36.0 Å². The van der Waals surface area contributed by atoms with Gasteiger partial charge in [0.05, 0.1) is 18.2 Å². The summed E-state index contributed by atoms with van der Waals surface area (Å²) in [7, 11) is 0. The van der Waals surface area contributed by atoms with E-state index in [4.69, 9.17) is 4.52 Å². The van der Waals surface area contributed by atoms with E-state index < -0.39 is 0 Å². The van der Waals surface area contributed by atoms with Gasteiger partial charge in [0.25, 0.3) is 0 Å². The summed E-state index contributed by atoms with van der Waals surface area (Å²) in [6, 6.07) is 10.00. The molecule has 3 aromatic rings. The fourth-order valence-corrected chi connectivity index (χ4v) is 3.72. The fraction of sp³-hybridized carbons (Fsp3) is 0.421. The molecule has 0 bridgehead atoms. The van der Waals surface area contributed by atoms with E-state index in [1.54, 1.807) is 0 Å². The zero-order chi connectivity index (χ0) is 17.4. The largest absolute Gasteiger partial charge is 0.356 e. The Hall–Kier alpha value is -2.63. The monoisotopic (exact) mass is 338 g/mol. The molecule has 0 N–H and O–H groups in total. The average molecular weight is 338 g/mol. The van der Waals surface area contributed by atoms with Crippen molar-refractivity contribution in [2.24, 2.45) is 0 Å². The number of para-hydroxylation sites is 1. The summed E-state index contributed by atoms with van der Waals surface area (Å²) in [6.07, 6.45) is 2.33. The van der Waals surface area contributed by atoms with Gasteiger partial charge in [-0.25, -0.2) is 0 Å². The lowest BCUT2D eigenvalue weighted by atomic mass is 10.0. The number of amides is 1. The molecular formula is C19H22N4O2. The van der Waals surface area contributed by atoms with Crippen LogP contribution in [0.25, 0.3) is 11.0 Å². The molecule has 6 nitrogen and oxygen atoms in total. The van der Waals surface area contributed by atoms with Gasteiger partial charge < -0.3 is 9.42 Å². The molecule has 0 aliphatic carbocycles. The van der Waals surface area contributed by atoms with E-state index >= 15 is 0 Å². The molecule has 6 heteroatoms. The molecule has 0 saturated carbocycles. The predicted octanol–water partition coefficient (Wildman–Crippen LogP) is 3.05. The molecule has 1 atom stereocenters. The first-order valence-electron chi connectivity index (χ1n) is 8.75. The van der Waals surface area contributed by atoms with Gasteiger partial charge >= 0.3 is 0 Å². The fourth-order valence-electron chi connectivity index (χ4n) is 3.72. The standard InChI is InChI=1S/C19H22N4O2/c1-13-10-14(2)23(20-13)15-6-5-9-22(12-15)19(24)11-17-16-7-3-4-8-18(16)25-21-17/h3-4,7-8,10,15H,5-6,9,11-12H2,1-2H3. The van der Waals surface area contributed by atoms with Gasteiger partial charge in [-0.2, -0.15) is 5.10 Å². The van der Waals surface area contributed by atoms with E-state index in [1.165, 1.54) is 0 Å². The van der Waals surface area contributed by atoms with E-state index in [2.05, 4.69) is 27.9 Å².